The van der Waals surface area contributed by atoms with Gasteiger partial charge in [-0.15, -0.1) is 10.1 Å². The van der Waals surface area contributed by atoms with E-state index in [0.29, 0.717) is 5.69 Å². The molecule has 1 heterocycles. The second kappa shape index (κ2) is 7.37. The van der Waals surface area contributed by atoms with E-state index in [-0.39, 0.29) is 26.1 Å². The van der Waals surface area contributed by atoms with Crippen molar-refractivity contribution in [2.45, 2.75) is 40.2 Å². The molecule has 1 aromatic heterocycles. The van der Waals surface area contributed by atoms with Gasteiger partial charge < -0.3 is 9.57 Å². The molecule has 0 fully saturated rings. The summed E-state index contributed by atoms with van der Waals surface area (Å²) in [6.07, 6.45) is 0.294. The molecule has 1 aromatic rings. The molecule has 0 aromatic carbocycles. The highest BCUT2D eigenvalue weighted by atomic mass is 16.9. The van der Waals surface area contributed by atoms with Gasteiger partial charge in [0.2, 0.25) is 0 Å². The fourth-order valence-electron chi connectivity index (χ4n) is 1.47. The van der Waals surface area contributed by atoms with Gasteiger partial charge in [-0.3, -0.25) is 14.8 Å². The van der Waals surface area contributed by atoms with E-state index in [4.69, 9.17) is 4.74 Å². The van der Waals surface area contributed by atoms with Crippen molar-refractivity contribution in [2.24, 2.45) is 0 Å². The average Bonchev–Trinajstić information content (AvgIpc) is 2.37. The zero-order chi connectivity index (χ0) is 15.1. The van der Waals surface area contributed by atoms with Crippen molar-refractivity contribution in [3.63, 3.8) is 0 Å². The van der Waals surface area contributed by atoms with Gasteiger partial charge in [0.05, 0.1) is 29.4 Å². The summed E-state index contributed by atoms with van der Waals surface area (Å²) in [5.74, 6) is -0.448. The molecule has 110 valence electrons. The standard InChI is InChI=1S/C12H17N3O5/c1-8-9(2)14-11(10(3)13-8)7-19-12(16)5-4-6-20-15(17)18/h4-7H2,1-3H3. The maximum atomic E-state index is 11.4. The average molecular weight is 283 g/mol. The van der Waals surface area contributed by atoms with Crippen molar-refractivity contribution in [3.8, 4) is 0 Å². The Kier molecular flexibility index (Phi) is 5.82. The van der Waals surface area contributed by atoms with E-state index >= 15 is 0 Å². The number of hydrogen-bond acceptors (Lipinski definition) is 7. The molecule has 0 aliphatic carbocycles. The van der Waals surface area contributed by atoms with Gasteiger partial charge in [0.25, 0.3) is 5.09 Å². The number of aryl methyl sites for hydroxylation is 3. The lowest BCUT2D eigenvalue weighted by atomic mass is 10.2. The largest absolute Gasteiger partial charge is 0.459 e. The number of rotatable bonds is 7. The van der Waals surface area contributed by atoms with Crippen LogP contribution in [0, 0.1) is 30.9 Å². The number of aromatic nitrogens is 2. The Morgan fingerprint density at radius 1 is 1.20 bits per heavy atom. The van der Waals surface area contributed by atoms with E-state index < -0.39 is 11.1 Å². The molecule has 0 N–H and O–H groups in total. The van der Waals surface area contributed by atoms with Crippen LogP contribution in [0.25, 0.3) is 0 Å². The second-order valence-corrected chi connectivity index (χ2v) is 4.25. The zero-order valence-electron chi connectivity index (χ0n) is 11.7. The molecule has 20 heavy (non-hydrogen) atoms. The molecule has 0 aliphatic heterocycles. The highest BCUT2D eigenvalue weighted by Crippen LogP contribution is 2.09. The molecule has 0 saturated carbocycles. The summed E-state index contributed by atoms with van der Waals surface area (Å²) in [5.41, 5.74) is 2.97. The molecule has 0 spiro atoms. The van der Waals surface area contributed by atoms with Gasteiger partial charge in [0.15, 0.2) is 0 Å². The zero-order valence-corrected chi connectivity index (χ0v) is 11.7. The van der Waals surface area contributed by atoms with Gasteiger partial charge in [0.1, 0.15) is 6.61 Å². The summed E-state index contributed by atoms with van der Waals surface area (Å²) in [5, 5.41) is 9.01. The Balaban J connectivity index is 2.37. The molecule has 0 unspecified atom stereocenters. The number of nitrogens with zero attached hydrogens (tertiary/aromatic N) is 3. The molecule has 0 amide bonds. The lowest BCUT2D eigenvalue weighted by Crippen LogP contribution is -2.10. The van der Waals surface area contributed by atoms with Crippen molar-refractivity contribution in [1.82, 2.24) is 9.97 Å². The van der Waals surface area contributed by atoms with Crippen LogP contribution in [-0.2, 0) is 21.0 Å². The van der Waals surface area contributed by atoms with E-state index in [1.165, 1.54) is 0 Å². The molecule has 1 rings (SSSR count). The minimum absolute atomic E-state index is 0.0505. The Labute approximate surface area is 116 Å². The van der Waals surface area contributed by atoms with E-state index in [2.05, 4.69) is 14.8 Å². The van der Waals surface area contributed by atoms with Gasteiger partial charge in [-0.2, -0.15) is 0 Å². The van der Waals surface area contributed by atoms with Gasteiger partial charge >= 0.3 is 5.97 Å². The third kappa shape index (κ3) is 5.17. The molecular weight excluding hydrogens is 266 g/mol. The van der Waals surface area contributed by atoms with Crippen molar-refractivity contribution >= 4 is 5.97 Å². The second-order valence-electron chi connectivity index (χ2n) is 4.25. The number of esters is 1. The van der Waals surface area contributed by atoms with Crippen molar-refractivity contribution in [2.75, 3.05) is 6.61 Å². The summed E-state index contributed by atoms with van der Waals surface area (Å²) in [6.45, 7) is 5.43. The van der Waals surface area contributed by atoms with E-state index in [9.17, 15) is 14.9 Å². The summed E-state index contributed by atoms with van der Waals surface area (Å²) >= 11 is 0. The van der Waals surface area contributed by atoms with Crippen LogP contribution in [0.4, 0.5) is 0 Å². The fraction of sp³-hybridized carbons (Fsp3) is 0.583. The minimum atomic E-state index is -0.890. The van der Waals surface area contributed by atoms with E-state index in [0.717, 1.165) is 17.1 Å². The minimum Gasteiger partial charge on any atom is -0.459 e. The molecule has 0 saturated heterocycles. The van der Waals surface area contributed by atoms with Crippen molar-refractivity contribution in [3.05, 3.63) is 32.9 Å². The summed E-state index contributed by atoms with van der Waals surface area (Å²) < 4.78 is 5.04. The fourth-order valence-corrected chi connectivity index (χ4v) is 1.47. The molecule has 8 heteroatoms. The van der Waals surface area contributed by atoms with Gasteiger partial charge in [0, 0.05) is 6.42 Å². The Hall–Kier alpha value is -2.25. The SMILES string of the molecule is Cc1nc(C)c(COC(=O)CCCO[N+](=O)[O-])nc1C. The normalized spacial score (nSPS) is 10.2. The lowest BCUT2D eigenvalue weighted by molar-refractivity contribution is -0.757. The quantitative estimate of drug-likeness (QED) is 0.322. The van der Waals surface area contributed by atoms with Crippen molar-refractivity contribution in [1.29, 1.82) is 0 Å². The van der Waals surface area contributed by atoms with Crippen LogP contribution in [0.3, 0.4) is 0 Å². The van der Waals surface area contributed by atoms with Crippen LogP contribution in [0.5, 0.6) is 0 Å². The first kappa shape index (κ1) is 15.8. The van der Waals surface area contributed by atoms with E-state index in [1.807, 2.05) is 13.8 Å². The molecular formula is C12H17N3O5. The Morgan fingerprint density at radius 2 is 1.85 bits per heavy atom. The summed E-state index contributed by atoms with van der Waals surface area (Å²) in [6, 6.07) is 0. The monoisotopic (exact) mass is 283 g/mol. The summed E-state index contributed by atoms with van der Waals surface area (Å²) in [7, 11) is 0. The Bertz CT molecular complexity index is 504. The highest BCUT2D eigenvalue weighted by molar-refractivity contribution is 5.69. The van der Waals surface area contributed by atoms with E-state index in [1.54, 1.807) is 6.92 Å². The van der Waals surface area contributed by atoms with Crippen LogP contribution >= 0.6 is 0 Å². The van der Waals surface area contributed by atoms with Gasteiger partial charge in [-0.1, -0.05) is 0 Å². The molecule has 8 nitrogen and oxygen atoms in total. The number of carbonyl (C=O) groups is 1. The van der Waals surface area contributed by atoms with Crippen LogP contribution in [0.1, 0.15) is 35.6 Å². The van der Waals surface area contributed by atoms with Gasteiger partial charge in [-0.05, 0) is 27.2 Å². The maximum Gasteiger partial charge on any atom is 0.306 e. The lowest BCUT2D eigenvalue weighted by Gasteiger charge is -2.08. The topological polar surface area (TPSA) is 104 Å². The predicted octanol–water partition coefficient (Wildman–Crippen LogP) is 1.43. The Morgan fingerprint density at radius 3 is 2.50 bits per heavy atom. The predicted molar refractivity (Wildman–Crippen MR) is 68.2 cm³/mol. The van der Waals surface area contributed by atoms with Crippen LogP contribution in [-0.4, -0.2) is 27.6 Å². The molecule has 0 atom stereocenters. The summed E-state index contributed by atoms with van der Waals surface area (Å²) in [4.78, 5) is 34.0. The third-order valence-electron chi connectivity index (χ3n) is 2.67. The third-order valence-corrected chi connectivity index (χ3v) is 2.67. The first-order valence-corrected chi connectivity index (χ1v) is 6.13. The first-order valence-electron chi connectivity index (χ1n) is 6.13. The van der Waals surface area contributed by atoms with Crippen LogP contribution in [0.15, 0.2) is 0 Å². The van der Waals surface area contributed by atoms with Gasteiger partial charge in [-0.25, -0.2) is 0 Å². The van der Waals surface area contributed by atoms with Crippen molar-refractivity contribution < 1.29 is 19.5 Å². The van der Waals surface area contributed by atoms with Crippen LogP contribution < -0.4 is 0 Å². The number of hydrogen-bond donors (Lipinski definition) is 0. The maximum absolute atomic E-state index is 11.4. The van der Waals surface area contributed by atoms with Crippen LogP contribution in [0.2, 0.25) is 0 Å². The highest BCUT2D eigenvalue weighted by Gasteiger charge is 2.09. The first-order chi connectivity index (χ1) is 9.40. The molecule has 0 radical (unpaired) electrons. The smallest absolute Gasteiger partial charge is 0.306 e. The molecule has 0 bridgehead atoms. The molecule has 0 aliphatic rings. The number of ether oxygens (including phenoxy) is 1. The number of carbonyl (C=O) groups excluding carboxylic acids is 1.